The second kappa shape index (κ2) is 12.2. The van der Waals surface area contributed by atoms with E-state index in [-0.39, 0.29) is 6.10 Å². The van der Waals surface area contributed by atoms with Crippen LogP contribution in [0.4, 0.5) is 0 Å². The third-order valence-electron chi connectivity index (χ3n) is 5.05. The fourth-order valence-electron chi connectivity index (χ4n) is 3.36. The van der Waals surface area contributed by atoms with Crippen LogP contribution in [0.5, 0.6) is 0 Å². The number of likely N-dealkylation sites (tertiary alicyclic amines) is 1. The first-order chi connectivity index (χ1) is 14.4. The Bertz CT molecular complexity index is 775. The number of piperidine rings is 1. The molecule has 8 nitrogen and oxygen atoms in total. The molecule has 0 saturated carbocycles. The number of guanidine groups is 1. The van der Waals surface area contributed by atoms with E-state index >= 15 is 0 Å². The average Bonchev–Trinajstić information content (AvgIpc) is 2.75. The zero-order chi connectivity index (χ0) is 22.0. The van der Waals surface area contributed by atoms with Crippen molar-refractivity contribution >= 4 is 16.0 Å². The Labute approximate surface area is 181 Å². The molecule has 1 heterocycles. The molecule has 0 radical (unpaired) electrons. The molecule has 0 aliphatic carbocycles. The number of hydrogen-bond donors (Lipinski definition) is 1. The van der Waals surface area contributed by atoms with Crippen LogP contribution in [-0.4, -0.2) is 83.7 Å². The van der Waals surface area contributed by atoms with Crippen LogP contribution < -0.4 is 5.32 Å². The Morgan fingerprint density at radius 1 is 1.23 bits per heavy atom. The average molecular weight is 441 g/mol. The highest BCUT2D eigenvalue weighted by atomic mass is 32.2. The van der Waals surface area contributed by atoms with E-state index in [1.54, 1.807) is 33.3 Å². The SMILES string of the molecule is CCNC(=NCc1ccccc1S(=O)(=O)N(C)C)N1CCC(OCCCOC)CC1. The molecule has 1 aromatic rings. The van der Waals surface area contributed by atoms with Crippen molar-refractivity contribution in [3.63, 3.8) is 0 Å². The number of rotatable bonds is 10. The molecule has 30 heavy (non-hydrogen) atoms. The maximum absolute atomic E-state index is 12.6. The van der Waals surface area contributed by atoms with Gasteiger partial charge in [0.2, 0.25) is 10.0 Å². The fourth-order valence-corrected chi connectivity index (χ4v) is 4.46. The molecule has 170 valence electrons. The van der Waals surface area contributed by atoms with Gasteiger partial charge in [0, 0.05) is 54.1 Å². The van der Waals surface area contributed by atoms with Crippen molar-refractivity contribution in [1.29, 1.82) is 0 Å². The van der Waals surface area contributed by atoms with Gasteiger partial charge in [-0.25, -0.2) is 17.7 Å². The van der Waals surface area contributed by atoms with Gasteiger partial charge >= 0.3 is 0 Å². The predicted molar refractivity (Wildman–Crippen MR) is 119 cm³/mol. The Balaban J connectivity index is 2.03. The topological polar surface area (TPSA) is 83.5 Å². The summed E-state index contributed by atoms with van der Waals surface area (Å²) >= 11 is 0. The van der Waals surface area contributed by atoms with Gasteiger partial charge in [-0.1, -0.05) is 18.2 Å². The van der Waals surface area contributed by atoms with E-state index < -0.39 is 10.0 Å². The lowest BCUT2D eigenvalue weighted by atomic mass is 10.1. The maximum atomic E-state index is 12.6. The van der Waals surface area contributed by atoms with E-state index in [0.29, 0.717) is 17.0 Å². The smallest absolute Gasteiger partial charge is 0.242 e. The molecule has 0 unspecified atom stereocenters. The number of sulfonamides is 1. The quantitative estimate of drug-likeness (QED) is 0.340. The number of nitrogens with one attached hydrogen (secondary N) is 1. The Kier molecular flexibility index (Phi) is 10.0. The van der Waals surface area contributed by atoms with Gasteiger partial charge in [-0.15, -0.1) is 0 Å². The van der Waals surface area contributed by atoms with Crippen LogP contribution in [0.2, 0.25) is 0 Å². The maximum Gasteiger partial charge on any atom is 0.242 e. The zero-order valence-corrected chi connectivity index (χ0v) is 19.5. The predicted octanol–water partition coefficient (Wildman–Crippen LogP) is 1.92. The molecule has 1 N–H and O–H groups in total. The summed E-state index contributed by atoms with van der Waals surface area (Å²) in [7, 11) is 1.28. The molecule has 0 bridgehead atoms. The summed E-state index contributed by atoms with van der Waals surface area (Å²) in [6.07, 6.45) is 3.08. The number of aliphatic imine (C=N–C) groups is 1. The minimum atomic E-state index is -3.51. The minimum Gasteiger partial charge on any atom is -0.385 e. The van der Waals surface area contributed by atoms with Crippen molar-refractivity contribution in [3.05, 3.63) is 29.8 Å². The number of benzene rings is 1. The first-order valence-corrected chi connectivity index (χ1v) is 12.0. The van der Waals surface area contributed by atoms with Gasteiger partial charge in [0.15, 0.2) is 5.96 Å². The summed E-state index contributed by atoms with van der Waals surface area (Å²) in [6, 6.07) is 7.05. The second-order valence-electron chi connectivity index (χ2n) is 7.47. The summed E-state index contributed by atoms with van der Waals surface area (Å²) in [4.78, 5) is 7.27. The van der Waals surface area contributed by atoms with Crippen LogP contribution in [0.3, 0.4) is 0 Å². The zero-order valence-electron chi connectivity index (χ0n) is 18.6. The summed E-state index contributed by atoms with van der Waals surface area (Å²) in [5.41, 5.74) is 0.693. The lowest BCUT2D eigenvalue weighted by Gasteiger charge is -2.34. The van der Waals surface area contributed by atoms with Gasteiger partial charge in [-0.2, -0.15) is 0 Å². The summed E-state index contributed by atoms with van der Waals surface area (Å²) in [6.45, 7) is 6.26. The Hall–Kier alpha value is -1.68. The second-order valence-corrected chi connectivity index (χ2v) is 9.59. The van der Waals surface area contributed by atoms with E-state index in [0.717, 1.165) is 58.1 Å². The Morgan fingerprint density at radius 2 is 1.93 bits per heavy atom. The van der Waals surface area contributed by atoms with Crippen LogP contribution in [0.1, 0.15) is 31.7 Å². The number of nitrogens with zero attached hydrogens (tertiary/aromatic N) is 3. The van der Waals surface area contributed by atoms with Crippen molar-refractivity contribution in [1.82, 2.24) is 14.5 Å². The molecule has 2 rings (SSSR count). The standard InChI is InChI=1S/C21H36N4O4S/c1-5-22-21(25-13-11-19(12-14-25)29-16-8-15-28-4)23-17-18-9-6-7-10-20(18)30(26,27)24(2)3/h6-7,9-10,19H,5,8,11-17H2,1-4H3,(H,22,23). The first-order valence-electron chi connectivity index (χ1n) is 10.5. The lowest BCUT2D eigenvalue weighted by Crippen LogP contribution is -2.47. The molecule has 1 fully saturated rings. The summed E-state index contributed by atoms with van der Waals surface area (Å²) in [5, 5.41) is 3.34. The van der Waals surface area contributed by atoms with Gasteiger partial charge in [-0.3, -0.25) is 0 Å². The highest BCUT2D eigenvalue weighted by Gasteiger charge is 2.23. The minimum absolute atomic E-state index is 0.270. The van der Waals surface area contributed by atoms with Crippen LogP contribution in [0.25, 0.3) is 0 Å². The normalized spacial score (nSPS) is 16.3. The lowest BCUT2D eigenvalue weighted by molar-refractivity contribution is 0.00990. The molecule has 0 amide bonds. The van der Waals surface area contributed by atoms with Gasteiger partial charge < -0.3 is 19.7 Å². The highest BCUT2D eigenvalue weighted by Crippen LogP contribution is 2.20. The largest absolute Gasteiger partial charge is 0.385 e. The summed E-state index contributed by atoms with van der Waals surface area (Å²) in [5.74, 6) is 0.812. The van der Waals surface area contributed by atoms with Crippen LogP contribution in [0.15, 0.2) is 34.2 Å². The van der Waals surface area contributed by atoms with Crippen molar-refractivity contribution in [2.45, 2.75) is 43.7 Å². The van der Waals surface area contributed by atoms with Crippen LogP contribution in [-0.2, 0) is 26.0 Å². The monoisotopic (exact) mass is 440 g/mol. The number of ether oxygens (including phenoxy) is 2. The molecule has 1 saturated heterocycles. The molecular formula is C21H36N4O4S. The van der Waals surface area contributed by atoms with Gasteiger partial charge in [0.25, 0.3) is 0 Å². The first kappa shape index (κ1) is 24.6. The Morgan fingerprint density at radius 3 is 2.57 bits per heavy atom. The molecule has 1 aromatic carbocycles. The molecule has 9 heteroatoms. The third-order valence-corrected chi connectivity index (χ3v) is 6.97. The van der Waals surface area contributed by atoms with Crippen molar-refractivity contribution < 1.29 is 17.9 Å². The molecule has 1 aliphatic rings. The van der Waals surface area contributed by atoms with Gasteiger partial charge in [0.1, 0.15) is 0 Å². The number of methoxy groups -OCH3 is 1. The van der Waals surface area contributed by atoms with E-state index in [1.165, 1.54) is 4.31 Å². The van der Waals surface area contributed by atoms with Crippen LogP contribution in [0, 0.1) is 0 Å². The van der Waals surface area contributed by atoms with E-state index in [9.17, 15) is 8.42 Å². The highest BCUT2D eigenvalue weighted by molar-refractivity contribution is 7.89. The molecular weight excluding hydrogens is 404 g/mol. The van der Waals surface area contributed by atoms with Crippen molar-refractivity contribution in [2.24, 2.45) is 4.99 Å². The van der Waals surface area contributed by atoms with E-state index in [1.807, 2.05) is 19.1 Å². The van der Waals surface area contributed by atoms with Gasteiger partial charge in [0.05, 0.1) is 17.5 Å². The molecule has 1 aliphatic heterocycles. The van der Waals surface area contributed by atoms with Crippen molar-refractivity contribution in [3.8, 4) is 0 Å². The summed E-state index contributed by atoms with van der Waals surface area (Å²) < 4.78 is 37.5. The van der Waals surface area contributed by atoms with Gasteiger partial charge in [-0.05, 0) is 37.8 Å². The number of hydrogen-bond acceptors (Lipinski definition) is 5. The van der Waals surface area contributed by atoms with E-state index in [2.05, 4.69) is 10.2 Å². The molecule has 0 spiro atoms. The molecule has 0 aromatic heterocycles. The molecule has 0 atom stereocenters. The van der Waals surface area contributed by atoms with Crippen LogP contribution >= 0.6 is 0 Å². The third kappa shape index (κ3) is 6.94. The fraction of sp³-hybridized carbons (Fsp3) is 0.667. The van der Waals surface area contributed by atoms with Crippen molar-refractivity contribution in [2.75, 3.05) is 54.1 Å². The van der Waals surface area contributed by atoms with E-state index in [4.69, 9.17) is 14.5 Å².